The third-order valence-electron chi connectivity index (χ3n) is 4.25. The molecule has 0 unspecified atom stereocenters. The van der Waals surface area contributed by atoms with E-state index in [2.05, 4.69) is 15.5 Å². The zero-order chi connectivity index (χ0) is 20.8. The molecule has 0 atom stereocenters. The van der Waals surface area contributed by atoms with Crippen LogP contribution in [0.2, 0.25) is 5.02 Å². The highest BCUT2D eigenvalue weighted by Crippen LogP contribution is 2.25. The van der Waals surface area contributed by atoms with Gasteiger partial charge in [0.1, 0.15) is 18.2 Å². The van der Waals surface area contributed by atoms with Crippen molar-refractivity contribution < 1.29 is 9.13 Å². The lowest BCUT2D eigenvalue weighted by Gasteiger charge is -2.10. The Hall–Kier alpha value is -3.22. The molecule has 0 spiro atoms. The van der Waals surface area contributed by atoms with Crippen molar-refractivity contribution in [3.63, 3.8) is 0 Å². The monoisotopic (exact) mass is 437 g/mol. The zero-order valence-electron chi connectivity index (χ0n) is 15.8. The first-order chi connectivity index (χ1) is 14.7. The summed E-state index contributed by atoms with van der Waals surface area (Å²) < 4.78 is 19.5. The van der Waals surface area contributed by atoms with Crippen molar-refractivity contribution in [2.24, 2.45) is 5.10 Å². The third kappa shape index (κ3) is 5.03. The van der Waals surface area contributed by atoms with Crippen LogP contribution in [0.15, 0.2) is 83.3 Å². The molecular weight excluding hydrogens is 421 g/mol. The first kappa shape index (κ1) is 20.1. The van der Waals surface area contributed by atoms with Crippen LogP contribution in [0.25, 0.3) is 11.3 Å². The van der Waals surface area contributed by atoms with Gasteiger partial charge in [-0.3, -0.25) is 5.43 Å². The first-order valence-electron chi connectivity index (χ1n) is 9.15. The van der Waals surface area contributed by atoms with Crippen LogP contribution in [0.3, 0.4) is 0 Å². The van der Waals surface area contributed by atoms with Crippen LogP contribution in [0.1, 0.15) is 11.1 Å². The van der Waals surface area contributed by atoms with E-state index in [0.29, 0.717) is 21.5 Å². The Morgan fingerprint density at radius 3 is 2.70 bits per heavy atom. The normalized spacial score (nSPS) is 11.0. The largest absolute Gasteiger partial charge is 0.488 e. The van der Waals surface area contributed by atoms with Gasteiger partial charge in [-0.1, -0.05) is 60.1 Å². The summed E-state index contributed by atoms with van der Waals surface area (Å²) in [5, 5.41) is 7.45. The summed E-state index contributed by atoms with van der Waals surface area (Å²) in [6.07, 6.45) is 1.57. The molecule has 30 heavy (non-hydrogen) atoms. The molecule has 0 amide bonds. The first-order valence-corrected chi connectivity index (χ1v) is 10.4. The van der Waals surface area contributed by atoms with Crippen molar-refractivity contribution in [2.45, 2.75) is 6.61 Å². The molecule has 0 radical (unpaired) electrons. The smallest absolute Gasteiger partial charge is 0.203 e. The highest BCUT2D eigenvalue weighted by Gasteiger charge is 2.07. The molecule has 4 nitrogen and oxygen atoms in total. The number of aromatic nitrogens is 1. The maximum absolute atomic E-state index is 13.7. The van der Waals surface area contributed by atoms with E-state index in [0.717, 1.165) is 16.8 Å². The van der Waals surface area contributed by atoms with Crippen LogP contribution >= 0.6 is 22.9 Å². The zero-order valence-corrected chi connectivity index (χ0v) is 17.3. The van der Waals surface area contributed by atoms with Crippen LogP contribution in [0.4, 0.5) is 9.52 Å². The lowest BCUT2D eigenvalue weighted by molar-refractivity contribution is 0.304. The van der Waals surface area contributed by atoms with Crippen molar-refractivity contribution in [1.82, 2.24) is 4.98 Å². The number of benzene rings is 3. The standard InChI is InChI=1S/C23H17ClFN3OS/c24-20-9-5-4-8-18(20)14-29-22-12-19(25)11-10-17(22)13-26-28-23-27-21(15-30-23)16-6-2-1-3-7-16/h1-13,15H,14H2,(H,27,28). The van der Waals surface area contributed by atoms with E-state index < -0.39 is 0 Å². The minimum atomic E-state index is -0.387. The molecule has 1 aromatic heterocycles. The molecule has 1 N–H and O–H groups in total. The van der Waals surface area contributed by atoms with Crippen LogP contribution in [-0.4, -0.2) is 11.2 Å². The van der Waals surface area contributed by atoms with E-state index in [1.54, 1.807) is 18.3 Å². The Kier molecular flexibility index (Phi) is 6.37. The van der Waals surface area contributed by atoms with Crippen molar-refractivity contribution >= 4 is 34.3 Å². The maximum Gasteiger partial charge on any atom is 0.203 e. The van der Waals surface area contributed by atoms with Gasteiger partial charge in [-0.05, 0) is 18.2 Å². The summed E-state index contributed by atoms with van der Waals surface area (Å²) in [4.78, 5) is 4.52. The summed E-state index contributed by atoms with van der Waals surface area (Å²) >= 11 is 7.62. The van der Waals surface area contributed by atoms with Gasteiger partial charge in [0, 0.05) is 33.2 Å². The fourth-order valence-electron chi connectivity index (χ4n) is 2.73. The van der Waals surface area contributed by atoms with Gasteiger partial charge >= 0.3 is 0 Å². The summed E-state index contributed by atoms with van der Waals surface area (Å²) in [5.41, 5.74) is 6.29. The van der Waals surface area contributed by atoms with Gasteiger partial charge in [0.25, 0.3) is 0 Å². The lowest BCUT2D eigenvalue weighted by atomic mass is 10.2. The molecule has 150 valence electrons. The molecule has 0 saturated carbocycles. The number of rotatable bonds is 7. The Labute approximate surface area is 182 Å². The van der Waals surface area contributed by atoms with E-state index >= 15 is 0 Å². The Bertz CT molecular complexity index is 1160. The SMILES string of the molecule is Fc1ccc(C=NNc2nc(-c3ccccc3)cs2)c(OCc2ccccc2Cl)c1. The summed E-state index contributed by atoms with van der Waals surface area (Å²) in [5.74, 6) is -0.00808. The summed E-state index contributed by atoms with van der Waals surface area (Å²) in [7, 11) is 0. The van der Waals surface area contributed by atoms with Gasteiger partial charge in [-0.25, -0.2) is 9.37 Å². The second kappa shape index (κ2) is 9.52. The molecule has 4 aromatic rings. The van der Waals surface area contributed by atoms with Crippen LogP contribution in [-0.2, 0) is 6.61 Å². The van der Waals surface area contributed by atoms with Crippen LogP contribution < -0.4 is 10.2 Å². The van der Waals surface area contributed by atoms with E-state index in [1.165, 1.54) is 23.5 Å². The maximum atomic E-state index is 13.7. The van der Waals surface area contributed by atoms with Crippen LogP contribution in [0.5, 0.6) is 5.75 Å². The average molecular weight is 438 g/mol. The fourth-order valence-corrected chi connectivity index (χ4v) is 3.59. The lowest BCUT2D eigenvalue weighted by Crippen LogP contribution is -2.00. The predicted molar refractivity (Wildman–Crippen MR) is 121 cm³/mol. The molecule has 0 bridgehead atoms. The van der Waals surface area contributed by atoms with E-state index in [9.17, 15) is 4.39 Å². The molecule has 3 aromatic carbocycles. The van der Waals surface area contributed by atoms with E-state index in [1.807, 2.05) is 53.9 Å². The van der Waals surface area contributed by atoms with Gasteiger partial charge in [0.2, 0.25) is 5.13 Å². The Morgan fingerprint density at radius 1 is 1.07 bits per heavy atom. The highest BCUT2D eigenvalue weighted by molar-refractivity contribution is 7.14. The molecule has 4 rings (SSSR count). The number of nitrogens with zero attached hydrogens (tertiary/aromatic N) is 2. The van der Waals surface area contributed by atoms with Crippen molar-refractivity contribution in [3.8, 4) is 17.0 Å². The number of hydrogen-bond donors (Lipinski definition) is 1. The highest BCUT2D eigenvalue weighted by atomic mass is 35.5. The molecule has 0 saturated heterocycles. The number of hydrazone groups is 1. The van der Waals surface area contributed by atoms with Crippen molar-refractivity contribution in [3.05, 3.63) is 100 Å². The number of thiazole rings is 1. The number of anilines is 1. The van der Waals surface area contributed by atoms with Gasteiger partial charge in [0.15, 0.2) is 0 Å². The fraction of sp³-hybridized carbons (Fsp3) is 0.0435. The molecule has 0 aliphatic heterocycles. The van der Waals surface area contributed by atoms with Gasteiger partial charge < -0.3 is 4.74 Å². The Balaban J connectivity index is 1.45. The van der Waals surface area contributed by atoms with Gasteiger partial charge in [0.05, 0.1) is 11.9 Å². The molecule has 0 aliphatic rings. The molecule has 0 fully saturated rings. The number of halogens is 2. The van der Waals surface area contributed by atoms with Gasteiger partial charge in [-0.2, -0.15) is 5.10 Å². The number of hydrogen-bond acceptors (Lipinski definition) is 5. The quantitative estimate of drug-likeness (QED) is 0.261. The Morgan fingerprint density at radius 2 is 1.87 bits per heavy atom. The van der Waals surface area contributed by atoms with Crippen LogP contribution in [0, 0.1) is 5.82 Å². The van der Waals surface area contributed by atoms with Crippen molar-refractivity contribution in [1.29, 1.82) is 0 Å². The minimum Gasteiger partial charge on any atom is -0.488 e. The summed E-state index contributed by atoms with van der Waals surface area (Å²) in [6.45, 7) is 0.226. The molecule has 1 heterocycles. The number of ether oxygens (including phenoxy) is 1. The number of nitrogens with one attached hydrogen (secondary N) is 1. The molecular formula is C23H17ClFN3OS. The van der Waals surface area contributed by atoms with Gasteiger partial charge in [-0.15, -0.1) is 11.3 Å². The predicted octanol–water partition coefficient (Wildman–Crippen LogP) is 6.63. The second-order valence-electron chi connectivity index (χ2n) is 6.34. The topological polar surface area (TPSA) is 46.5 Å². The molecule has 0 aliphatic carbocycles. The molecule has 7 heteroatoms. The average Bonchev–Trinajstić information content (AvgIpc) is 3.24. The van der Waals surface area contributed by atoms with E-state index in [-0.39, 0.29) is 12.4 Å². The van der Waals surface area contributed by atoms with E-state index in [4.69, 9.17) is 16.3 Å². The summed E-state index contributed by atoms with van der Waals surface area (Å²) in [6, 6.07) is 21.6. The van der Waals surface area contributed by atoms with Crippen molar-refractivity contribution in [2.75, 3.05) is 5.43 Å². The minimum absolute atomic E-state index is 0.226. The third-order valence-corrected chi connectivity index (χ3v) is 5.37. The second-order valence-corrected chi connectivity index (χ2v) is 7.60.